The van der Waals surface area contributed by atoms with Crippen LogP contribution in [0.25, 0.3) is 0 Å². The normalized spacial score (nSPS) is 14.4. The molecule has 0 unspecified atom stereocenters. The van der Waals surface area contributed by atoms with Gasteiger partial charge in [0, 0.05) is 17.5 Å². The van der Waals surface area contributed by atoms with Crippen molar-refractivity contribution in [1.82, 2.24) is 4.31 Å². The van der Waals surface area contributed by atoms with Gasteiger partial charge in [0.15, 0.2) is 23.3 Å². The van der Waals surface area contributed by atoms with E-state index >= 15 is 0 Å². The maximum Gasteiger partial charge on any atom is 0.200 e. The fraction of sp³-hybridized carbons (Fsp3) is 0.294. The van der Waals surface area contributed by atoms with Gasteiger partial charge in [0.25, 0.3) is 0 Å². The standard InChI is InChI=1S/C17H14F5NS2/c1-24-11-6-2-9(3-7-11)8-23(10-4-5-10)25-17-15(21)13(19)12(18)14(20)16(17)22/h2-3,6-7,10H,4-5,8H2,1H3. The first kappa shape index (κ1) is 18.5. The lowest BCUT2D eigenvalue weighted by Gasteiger charge is -2.21. The van der Waals surface area contributed by atoms with Gasteiger partial charge in [-0.05, 0) is 48.7 Å². The van der Waals surface area contributed by atoms with E-state index in [0.29, 0.717) is 18.5 Å². The molecule has 0 aromatic heterocycles. The average Bonchev–Trinajstić information content (AvgIpc) is 3.46. The third-order valence-electron chi connectivity index (χ3n) is 3.83. The predicted molar refractivity (Wildman–Crippen MR) is 88.9 cm³/mol. The van der Waals surface area contributed by atoms with E-state index in [1.807, 2.05) is 30.5 Å². The summed E-state index contributed by atoms with van der Waals surface area (Å²) in [7, 11) is 0. The van der Waals surface area contributed by atoms with E-state index in [4.69, 9.17) is 0 Å². The van der Waals surface area contributed by atoms with Crippen molar-refractivity contribution < 1.29 is 22.0 Å². The van der Waals surface area contributed by atoms with Crippen LogP contribution in [0.5, 0.6) is 0 Å². The largest absolute Gasteiger partial charge is 0.239 e. The average molecular weight is 391 g/mol. The van der Waals surface area contributed by atoms with E-state index in [0.717, 1.165) is 23.3 Å². The SMILES string of the molecule is CSc1ccc(CN(Sc2c(F)c(F)c(F)c(F)c2F)C2CC2)cc1. The van der Waals surface area contributed by atoms with Crippen LogP contribution in [0.2, 0.25) is 0 Å². The van der Waals surface area contributed by atoms with Gasteiger partial charge in [-0.3, -0.25) is 0 Å². The second-order valence-electron chi connectivity index (χ2n) is 5.64. The van der Waals surface area contributed by atoms with E-state index in [1.54, 1.807) is 16.1 Å². The van der Waals surface area contributed by atoms with Crippen LogP contribution in [-0.2, 0) is 6.54 Å². The van der Waals surface area contributed by atoms with E-state index in [9.17, 15) is 22.0 Å². The Morgan fingerprint density at radius 1 is 0.880 bits per heavy atom. The summed E-state index contributed by atoms with van der Waals surface area (Å²) in [4.78, 5) is 0.221. The first-order valence-electron chi connectivity index (χ1n) is 7.51. The van der Waals surface area contributed by atoms with Crippen LogP contribution < -0.4 is 0 Å². The Kier molecular flexibility index (Phi) is 5.60. The second-order valence-corrected chi connectivity index (χ2v) is 7.58. The summed E-state index contributed by atoms with van der Waals surface area (Å²) < 4.78 is 69.4. The molecule has 0 amide bonds. The van der Waals surface area contributed by atoms with Crippen LogP contribution in [0.1, 0.15) is 18.4 Å². The van der Waals surface area contributed by atoms with Crippen molar-refractivity contribution in [2.45, 2.75) is 35.2 Å². The molecule has 1 saturated carbocycles. The van der Waals surface area contributed by atoms with Crippen molar-refractivity contribution >= 4 is 23.7 Å². The minimum atomic E-state index is -2.13. The Bertz CT molecular complexity index is 749. The van der Waals surface area contributed by atoms with Gasteiger partial charge in [-0.25, -0.2) is 26.3 Å². The molecule has 0 bridgehead atoms. The number of hydrogen-bond donors (Lipinski definition) is 0. The maximum atomic E-state index is 13.9. The predicted octanol–water partition coefficient (Wildman–Crippen LogP) is 5.78. The Hall–Kier alpha value is -1.25. The van der Waals surface area contributed by atoms with Gasteiger partial charge in [-0.2, -0.15) is 0 Å². The molecule has 1 aliphatic rings. The second kappa shape index (κ2) is 7.55. The molecule has 0 atom stereocenters. The summed E-state index contributed by atoms with van der Waals surface area (Å²) in [5, 5.41) is 0. The summed E-state index contributed by atoms with van der Waals surface area (Å²) in [6, 6.07) is 7.68. The molecule has 2 aromatic rings. The molecule has 0 saturated heterocycles. The zero-order valence-corrected chi connectivity index (χ0v) is 14.8. The molecular formula is C17H14F5NS2. The van der Waals surface area contributed by atoms with Crippen molar-refractivity contribution in [1.29, 1.82) is 0 Å². The zero-order valence-electron chi connectivity index (χ0n) is 13.2. The third kappa shape index (κ3) is 3.96. The lowest BCUT2D eigenvalue weighted by atomic mass is 10.2. The first-order valence-corrected chi connectivity index (χ1v) is 9.51. The molecule has 1 nitrogen and oxygen atoms in total. The highest BCUT2D eigenvalue weighted by Crippen LogP contribution is 2.40. The van der Waals surface area contributed by atoms with Crippen molar-refractivity contribution in [2.75, 3.05) is 6.26 Å². The summed E-state index contributed by atoms with van der Waals surface area (Å²) >= 11 is 2.18. The van der Waals surface area contributed by atoms with E-state index < -0.39 is 34.0 Å². The minimum absolute atomic E-state index is 0.0557. The van der Waals surface area contributed by atoms with Gasteiger partial charge in [0.05, 0.1) is 0 Å². The molecule has 134 valence electrons. The highest BCUT2D eigenvalue weighted by molar-refractivity contribution is 7.98. The fourth-order valence-corrected chi connectivity index (χ4v) is 3.85. The quantitative estimate of drug-likeness (QED) is 0.202. The molecule has 3 rings (SSSR count). The Morgan fingerprint density at radius 2 is 1.40 bits per heavy atom. The van der Waals surface area contributed by atoms with Crippen LogP contribution >= 0.6 is 23.7 Å². The maximum absolute atomic E-state index is 13.9. The monoisotopic (exact) mass is 391 g/mol. The fourth-order valence-electron chi connectivity index (χ4n) is 2.29. The molecule has 1 fully saturated rings. The molecule has 2 aromatic carbocycles. The molecule has 8 heteroatoms. The number of rotatable bonds is 6. The number of halogens is 5. The van der Waals surface area contributed by atoms with Crippen molar-refractivity contribution in [2.24, 2.45) is 0 Å². The van der Waals surface area contributed by atoms with E-state index in [1.165, 1.54) is 0 Å². The van der Waals surface area contributed by atoms with Gasteiger partial charge in [-0.15, -0.1) is 11.8 Å². The first-order chi connectivity index (χ1) is 11.9. The van der Waals surface area contributed by atoms with Crippen molar-refractivity contribution in [3.8, 4) is 0 Å². The van der Waals surface area contributed by atoms with Gasteiger partial charge in [0.2, 0.25) is 5.82 Å². The van der Waals surface area contributed by atoms with Gasteiger partial charge >= 0.3 is 0 Å². The molecule has 0 spiro atoms. The molecule has 25 heavy (non-hydrogen) atoms. The highest BCUT2D eigenvalue weighted by Gasteiger charge is 2.34. The zero-order chi connectivity index (χ0) is 18.1. The van der Waals surface area contributed by atoms with Crippen molar-refractivity contribution in [3.05, 3.63) is 58.9 Å². The molecule has 0 aliphatic heterocycles. The molecule has 0 heterocycles. The van der Waals surface area contributed by atoms with Gasteiger partial charge < -0.3 is 0 Å². The molecular weight excluding hydrogens is 377 g/mol. The number of hydrogen-bond acceptors (Lipinski definition) is 3. The van der Waals surface area contributed by atoms with Gasteiger partial charge in [-0.1, -0.05) is 12.1 Å². The Balaban J connectivity index is 1.85. The minimum Gasteiger partial charge on any atom is -0.239 e. The van der Waals surface area contributed by atoms with Crippen LogP contribution in [-0.4, -0.2) is 16.6 Å². The summed E-state index contributed by atoms with van der Waals surface area (Å²) in [6.45, 7) is 0.351. The van der Waals surface area contributed by atoms with Crippen molar-refractivity contribution in [3.63, 3.8) is 0 Å². The molecule has 1 aliphatic carbocycles. The number of benzene rings is 2. The smallest absolute Gasteiger partial charge is 0.200 e. The lowest BCUT2D eigenvalue weighted by Crippen LogP contribution is -2.19. The third-order valence-corrected chi connectivity index (χ3v) is 5.78. The van der Waals surface area contributed by atoms with Crippen LogP contribution in [0.3, 0.4) is 0 Å². The molecule has 0 N–H and O–H groups in total. The molecule has 0 radical (unpaired) electrons. The van der Waals surface area contributed by atoms with Gasteiger partial charge in [0.1, 0.15) is 4.90 Å². The lowest BCUT2D eigenvalue weighted by molar-refractivity contribution is 0.358. The summed E-state index contributed by atoms with van der Waals surface area (Å²) in [6.07, 6.45) is 3.60. The highest BCUT2D eigenvalue weighted by atomic mass is 32.2. The summed E-state index contributed by atoms with van der Waals surface area (Å²) in [5.41, 5.74) is 0.904. The van der Waals surface area contributed by atoms with Crippen LogP contribution in [0, 0.1) is 29.1 Å². The Labute approximate surface area is 150 Å². The Morgan fingerprint density at radius 3 is 1.88 bits per heavy atom. The topological polar surface area (TPSA) is 3.24 Å². The van der Waals surface area contributed by atoms with E-state index in [-0.39, 0.29) is 6.04 Å². The van der Waals surface area contributed by atoms with Crippen LogP contribution in [0.4, 0.5) is 22.0 Å². The number of thioether (sulfide) groups is 1. The number of nitrogens with zero attached hydrogens (tertiary/aromatic N) is 1. The summed E-state index contributed by atoms with van der Waals surface area (Å²) in [5.74, 6) is -9.54. The van der Waals surface area contributed by atoms with Crippen LogP contribution in [0.15, 0.2) is 34.1 Å². The van der Waals surface area contributed by atoms with E-state index in [2.05, 4.69) is 0 Å².